The number of barbiturate groups is 1. The molecular weight excluding hydrogens is 456 g/mol. The van der Waals surface area contributed by atoms with Crippen LogP contribution in [0.25, 0.3) is 6.08 Å². The summed E-state index contributed by atoms with van der Waals surface area (Å²) in [6.45, 7) is 2.29. The number of methoxy groups -OCH3 is 1. The highest BCUT2D eigenvalue weighted by molar-refractivity contribution is 9.10. The summed E-state index contributed by atoms with van der Waals surface area (Å²) in [5, 5.41) is 2.16. The highest BCUT2D eigenvalue weighted by Gasteiger charge is 2.36. The highest BCUT2D eigenvalue weighted by Crippen LogP contribution is 2.26. The Kier molecular flexibility index (Phi) is 6.31. The molecule has 4 amide bonds. The van der Waals surface area contributed by atoms with E-state index in [-0.39, 0.29) is 16.8 Å². The van der Waals surface area contributed by atoms with Crippen molar-refractivity contribution in [1.82, 2.24) is 5.32 Å². The second kappa shape index (κ2) is 8.91. The number of carbonyl (C=O) groups excluding carboxylic acids is 4. The lowest BCUT2D eigenvalue weighted by atomic mass is 10.1. The van der Waals surface area contributed by atoms with Crippen molar-refractivity contribution in [2.24, 2.45) is 0 Å². The van der Waals surface area contributed by atoms with E-state index in [2.05, 4.69) is 26.0 Å². The van der Waals surface area contributed by atoms with Gasteiger partial charge in [0.05, 0.1) is 25.0 Å². The lowest BCUT2D eigenvalue weighted by Crippen LogP contribution is -2.54. The smallest absolute Gasteiger partial charge is 0.337 e. The van der Waals surface area contributed by atoms with Crippen molar-refractivity contribution >= 4 is 51.5 Å². The van der Waals surface area contributed by atoms with Crippen molar-refractivity contribution in [3.63, 3.8) is 0 Å². The van der Waals surface area contributed by atoms with Gasteiger partial charge in [-0.3, -0.25) is 14.9 Å². The first-order valence-corrected chi connectivity index (χ1v) is 9.66. The summed E-state index contributed by atoms with van der Waals surface area (Å²) in [6, 6.07) is 9.95. The van der Waals surface area contributed by atoms with Gasteiger partial charge >= 0.3 is 12.0 Å². The van der Waals surface area contributed by atoms with Gasteiger partial charge in [-0.15, -0.1) is 0 Å². The second-order valence-corrected chi connectivity index (χ2v) is 7.07. The number of urea groups is 1. The quantitative estimate of drug-likeness (QED) is 0.406. The zero-order valence-corrected chi connectivity index (χ0v) is 17.7. The van der Waals surface area contributed by atoms with E-state index in [0.29, 0.717) is 22.4 Å². The van der Waals surface area contributed by atoms with Gasteiger partial charge in [0.25, 0.3) is 11.8 Å². The molecule has 0 aliphatic carbocycles. The van der Waals surface area contributed by atoms with E-state index >= 15 is 0 Å². The zero-order chi connectivity index (χ0) is 21.8. The van der Waals surface area contributed by atoms with E-state index in [1.165, 1.54) is 37.5 Å². The van der Waals surface area contributed by atoms with E-state index in [0.717, 1.165) is 4.90 Å². The van der Waals surface area contributed by atoms with Crippen molar-refractivity contribution in [1.29, 1.82) is 0 Å². The summed E-state index contributed by atoms with van der Waals surface area (Å²) in [5.74, 6) is -1.57. The molecule has 1 fully saturated rings. The first-order chi connectivity index (χ1) is 14.3. The van der Waals surface area contributed by atoms with Gasteiger partial charge in [-0.2, -0.15) is 0 Å². The zero-order valence-electron chi connectivity index (χ0n) is 16.1. The van der Waals surface area contributed by atoms with Crippen molar-refractivity contribution in [2.45, 2.75) is 6.92 Å². The number of esters is 1. The molecule has 1 aliphatic heterocycles. The van der Waals surface area contributed by atoms with Crippen LogP contribution in [0.15, 0.2) is 52.5 Å². The van der Waals surface area contributed by atoms with Crippen LogP contribution in [0.1, 0.15) is 22.8 Å². The number of ether oxygens (including phenoxy) is 2. The number of amides is 4. The van der Waals surface area contributed by atoms with Crippen LogP contribution in [0, 0.1) is 0 Å². The molecule has 1 saturated heterocycles. The Bertz CT molecular complexity index is 1060. The Morgan fingerprint density at radius 3 is 2.47 bits per heavy atom. The van der Waals surface area contributed by atoms with Crippen molar-refractivity contribution in [3.8, 4) is 5.75 Å². The maximum atomic E-state index is 13.0. The van der Waals surface area contributed by atoms with Crippen LogP contribution < -0.4 is 15.0 Å². The van der Waals surface area contributed by atoms with Crippen LogP contribution >= 0.6 is 15.9 Å². The van der Waals surface area contributed by atoms with Gasteiger partial charge in [0.1, 0.15) is 11.3 Å². The molecule has 0 atom stereocenters. The van der Waals surface area contributed by atoms with Crippen LogP contribution in [0.3, 0.4) is 0 Å². The Labute approximate surface area is 180 Å². The van der Waals surface area contributed by atoms with Gasteiger partial charge in [0.2, 0.25) is 0 Å². The summed E-state index contributed by atoms with van der Waals surface area (Å²) in [6.07, 6.45) is 1.38. The molecule has 0 aromatic heterocycles. The third-order valence-corrected chi connectivity index (χ3v) is 4.62. The van der Waals surface area contributed by atoms with Crippen molar-refractivity contribution < 1.29 is 28.7 Å². The van der Waals surface area contributed by atoms with E-state index in [9.17, 15) is 19.2 Å². The fourth-order valence-corrected chi connectivity index (χ4v) is 3.33. The van der Waals surface area contributed by atoms with Gasteiger partial charge in [-0.1, -0.05) is 15.9 Å². The second-order valence-electron chi connectivity index (χ2n) is 6.15. The average Bonchev–Trinajstić information content (AvgIpc) is 2.71. The van der Waals surface area contributed by atoms with Crippen molar-refractivity contribution in [3.05, 3.63) is 63.6 Å². The van der Waals surface area contributed by atoms with Crippen LogP contribution in [0.5, 0.6) is 5.75 Å². The Balaban J connectivity index is 1.97. The molecular formula is C21H17BrN2O6. The number of rotatable bonds is 5. The minimum absolute atomic E-state index is 0.202. The van der Waals surface area contributed by atoms with Gasteiger partial charge in [-0.05, 0) is 61.0 Å². The summed E-state index contributed by atoms with van der Waals surface area (Å²) in [7, 11) is 1.25. The summed E-state index contributed by atoms with van der Waals surface area (Å²) < 4.78 is 10.8. The van der Waals surface area contributed by atoms with E-state index < -0.39 is 23.8 Å². The molecule has 0 spiro atoms. The first kappa shape index (κ1) is 21.3. The number of anilines is 1. The van der Waals surface area contributed by atoms with Crippen molar-refractivity contribution in [2.75, 3.05) is 18.6 Å². The van der Waals surface area contributed by atoms with E-state index in [1.807, 2.05) is 6.92 Å². The molecule has 2 aromatic rings. The van der Waals surface area contributed by atoms with Gasteiger partial charge in [0, 0.05) is 4.47 Å². The largest absolute Gasteiger partial charge is 0.494 e. The monoisotopic (exact) mass is 472 g/mol. The summed E-state index contributed by atoms with van der Waals surface area (Å²) in [5.41, 5.74) is 0.789. The van der Waals surface area contributed by atoms with Crippen LogP contribution in [-0.2, 0) is 14.3 Å². The van der Waals surface area contributed by atoms with Gasteiger partial charge in [0.15, 0.2) is 0 Å². The maximum Gasteiger partial charge on any atom is 0.337 e. The standard InChI is InChI=1S/C21H17BrN2O6/c1-3-30-16-9-12(8-14(22)11-16)10-17-18(25)23-21(28)24(19(17)26)15-6-4-13(5-7-15)20(27)29-2/h4-11H,3H2,1-2H3,(H,23,25,28)/b17-10+. The normalized spacial score (nSPS) is 15.2. The van der Waals surface area contributed by atoms with Gasteiger partial charge in [-0.25, -0.2) is 14.5 Å². The lowest BCUT2D eigenvalue weighted by molar-refractivity contribution is -0.122. The van der Waals surface area contributed by atoms with E-state index in [4.69, 9.17) is 4.74 Å². The minimum Gasteiger partial charge on any atom is -0.494 e. The Morgan fingerprint density at radius 2 is 1.83 bits per heavy atom. The van der Waals surface area contributed by atoms with Gasteiger partial charge < -0.3 is 9.47 Å². The predicted octanol–water partition coefficient (Wildman–Crippen LogP) is 3.30. The number of nitrogens with one attached hydrogen (secondary N) is 1. The fourth-order valence-electron chi connectivity index (χ4n) is 2.84. The maximum absolute atomic E-state index is 13.0. The van der Waals surface area contributed by atoms with Crippen LogP contribution in [0.2, 0.25) is 0 Å². The molecule has 1 heterocycles. The number of carbonyl (C=O) groups is 4. The molecule has 9 heteroatoms. The number of imide groups is 2. The molecule has 0 saturated carbocycles. The number of halogens is 1. The number of nitrogens with zero attached hydrogens (tertiary/aromatic N) is 1. The topological polar surface area (TPSA) is 102 Å². The molecule has 1 aliphatic rings. The third-order valence-electron chi connectivity index (χ3n) is 4.16. The molecule has 0 unspecified atom stereocenters. The molecule has 0 bridgehead atoms. The molecule has 154 valence electrons. The number of hydrogen-bond donors (Lipinski definition) is 1. The molecule has 3 rings (SSSR count). The number of benzene rings is 2. The molecule has 2 aromatic carbocycles. The summed E-state index contributed by atoms with van der Waals surface area (Å²) >= 11 is 3.36. The van der Waals surface area contributed by atoms with E-state index in [1.54, 1.807) is 18.2 Å². The molecule has 30 heavy (non-hydrogen) atoms. The molecule has 1 N–H and O–H groups in total. The Hall–Kier alpha value is -3.46. The Morgan fingerprint density at radius 1 is 1.13 bits per heavy atom. The summed E-state index contributed by atoms with van der Waals surface area (Å²) in [4.78, 5) is 50.0. The molecule has 8 nitrogen and oxygen atoms in total. The SMILES string of the molecule is CCOc1cc(Br)cc(/C=C2\C(=O)NC(=O)N(c3ccc(C(=O)OC)cc3)C2=O)c1. The number of hydrogen-bond acceptors (Lipinski definition) is 6. The first-order valence-electron chi connectivity index (χ1n) is 8.87. The highest BCUT2D eigenvalue weighted by atomic mass is 79.9. The fraction of sp³-hybridized carbons (Fsp3) is 0.143. The minimum atomic E-state index is -0.878. The average molecular weight is 473 g/mol. The lowest BCUT2D eigenvalue weighted by Gasteiger charge is -2.26. The molecule has 0 radical (unpaired) electrons. The van der Waals surface area contributed by atoms with Crippen LogP contribution in [-0.4, -0.2) is 37.5 Å². The predicted molar refractivity (Wildman–Crippen MR) is 112 cm³/mol. The third kappa shape index (κ3) is 4.41. The van der Waals surface area contributed by atoms with Crippen LogP contribution in [0.4, 0.5) is 10.5 Å².